The molecule has 2 aliphatic heterocycles. The highest BCUT2D eigenvalue weighted by molar-refractivity contribution is 7.93. The summed E-state index contributed by atoms with van der Waals surface area (Å²) in [6.07, 6.45) is 0.303. The van der Waals surface area contributed by atoms with E-state index in [0.29, 0.717) is 12.4 Å². The normalized spacial score (nSPS) is 16.4. The minimum absolute atomic E-state index is 0.0109. The molecule has 0 atom stereocenters. The maximum absolute atomic E-state index is 13.3. The van der Waals surface area contributed by atoms with Gasteiger partial charge in [-0.05, 0) is 80.8 Å². The van der Waals surface area contributed by atoms with Crippen molar-refractivity contribution in [3.63, 3.8) is 0 Å². The lowest BCUT2D eigenvalue weighted by atomic mass is 9.98. The summed E-state index contributed by atoms with van der Waals surface area (Å²) in [5.74, 6) is -3.09. The number of alkyl halides is 3. The van der Waals surface area contributed by atoms with Crippen molar-refractivity contribution in [2.45, 2.75) is 60.8 Å². The van der Waals surface area contributed by atoms with Crippen LogP contribution in [-0.2, 0) is 30.6 Å². The Labute approximate surface area is 242 Å². The molecule has 2 heterocycles. The number of aliphatic carboxylic acids is 1. The molecule has 10 nitrogen and oxygen atoms in total. The first-order valence-electron chi connectivity index (χ1n) is 13.5. The van der Waals surface area contributed by atoms with E-state index in [9.17, 15) is 26.4 Å². The van der Waals surface area contributed by atoms with Gasteiger partial charge in [0.2, 0.25) is 0 Å². The second-order valence-corrected chi connectivity index (χ2v) is 12.2. The lowest BCUT2D eigenvalue weighted by Gasteiger charge is -2.34. The van der Waals surface area contributed by atoms with Gasteiger partial charge in [0, 0.05) is 32.0 Å². The van der Waals surface area contributed by atoms with Crippen molar-refractivity contribution in [3.8, 4) is 5.75 Å². The van der Waals surface area contributed by atoms with E-state index in [1.165, 1.54) is 35.3 Å². The van der Waals surface area contributed by atoms with Gasteiger partial charge in [-0.1, -0.05) is 18.2 Å². The molecule has 2 aromatic carbocycles. The second kappa shape index (κ2) is 14.7. The number of carbonyl (C=O) groups excluding carboxylic acids is 1. The Hall–Kier alpha value is -3.36. The first-order valence-corrected chi connectivity index (χ1v) is 15.0. The molecule has 42 heavy (non-hydrogen) atoms. The van der Waals surface area contributed by atoms with Gasteiger partial charge in [-0.15, -0.1) is 0 Å². The molecule has 3 N–H and O–H groups in total. The van der Waals surface area contributed by atoms with Gasteiger partial charge >= 0.3 is 12.1 Å². The number of hydroxylamine groups is 1. The maximum atomic E-state index is 13.3. The number of carbonyl (C=O) groups is 2. The van der Waals surface area contributed by atoms with E-state index in [-0.39, 0.29) is 31.0 Å². The average molecular weight is 617 g/mol. The number of hydrogen-bond donors (Lipinski definition) is 3. The number of rotatable bonds is 10. The summed E-state index contributed by atoms with van der Waals surface area (Å²) in [7, 11) is -4.03. The third kappa shape index (κ3) is 8.13. The Morgan fingerprint density at radius 2 is 1.67 bits per heavy atom. The third-order valence-corrected chi connectivity index (χ3v) is 9.77. The third-order valence-electron chi connectivity index (χ3n) is 7.25. The van der Waals surface area contributed by atoms with E-state index >= 15 is 0 Å². The van der Waals surface area contributed by atoms with Crippen molar-refractivity contribution in [2.75, 3.05) is 37.8 Å². The number of aryl methyl sites for hydroxylation is 1. The molecule has 0 aromatic heterocycles. The highest BCUT2D eigenvalue weighted by Gasteiger charge is 2.52. The number of nitrogens with one attached hydrogen (secondary N) is 1. The maximum Gasteiger partial charge on any atom is 0.490 e. The molecule has 0 saturated carbocycles. The van der Waals surface area contributed by atoms with Gasteiger partial charge in [-0.3, -0.25) is 10.0 Å². The molecule has 4 rings (SSSR count). The summed E-state index contributed by atoms with van der Waals surface area (Å²) in [5.41, 5.74) is 4.33. The molecular formula is C28H35F3N2O8S. The van der Waals surface area contributed by atoms with Gasteiger partial charge in [-0.2, -0.15) is 13.2 Å². The summed E-state index contributed by atoms with van der Waals surface area (Å²) < 4.78 is 67.6. The molecule has 0 unspecified atom stereocenters. The number of amides is 1. The first-order chi connectivity index (χ1) is 19.9. The van der Waals surface area contributed by atoms with Crippen molar-refractivity contribution in [3.05, 3.63) is 54.1 Å². The van der Waals surface area contributed by atoms with Gasteiger partial charge < -0.3 is 19.5 Å². The van der Waals surface area contributed by atoms with Crippen LogP contribution >= 0.6 is 0 Å². The Morgan fingerprint density at radius 3 is 2.29 bits per heavy atom. The lowest BCUT2D eigenvalue weighted by Crippen LogP contribution is -2.54. The molecule has 0 radical (unpaired) electrons. The number of carboxylic acid groups (broad SMARTS) is 1. The smallest absolute Gasteiger partial charge is 0.490 e. The predicted octanol–water partition coefficient (Wildman–Crippen LogP) is 4.15. The summed E-state index contributed by atoms with van der Waals surface area (Å²) in [6.45, 7) is 2.97. The number of fused-ring (bicyclic) bond motifs is 1. The molecular weight excluding hydrogens is 581 g/mol. The fourth-order valence-corrected chi connectivity index (χ4v) is 6.92. The van der Waals surface area contributed by atoms with Crippen molar-refractivity contribution in [1.82, 2.24) is 5.48 Å². The summed E-state index contributed by atoms with van der Waals surface area (Å²) >= 11 is 0. The predicted molar refractivity (Wildman–Crippen MR) is 146 cm³/mol. The van der Waals surface area contributed by atoms with Crippen LogP contribution in [0.5, 0.6) is 5.75 Å². The zero-order valence-corrected chi connectivity index (χ0v) is 23.8. The minimum atomic E-state index is -5.08. The van der Waals surface area contributed by atoms with Crippen LogP contribution in [0.15, 0.2) is 53.4 Å². The molecule has 1 fully saturated rings. The summed E-state index contributed by atoms with van der Waals surface area (Å²) in [6, 6.07) is 14.8. The number of ether oxygens (including phenoxy) is 2. The van der Waals surface area contributed by atoms with Crippen LogP contribution in [0.25, 0.3) is 0 Å². The monoisotopic (exact) mass is 616 g/mol. The van der Waals surface area contributed by atoms with Gasteiger partial charge in [0.25, 0.3) is 5.91 Å². The SMILES string of the molecule is O=C(NO)C1(S(=O)(=O)c2ccc(OCCCCCN3CCCc4ccccc43)cc2)CCOCC1.O=C(O)C(F)(F)F. The molecule has 1 saturated heterocycles. The Balaban J connectivity index is 0.000000616. The van der Waals surface area contributed by atoms with Crippen LogP contribution in [0.2, 0.25) is 0 Å². The van der Waals surface area contributed by atoms with E-state index in [1.54, 1.807) is 12.1 Å². The number of para-hydroxylation sites is 1. The van der Waals surface area contributed by atoms with E-state index in [0.717, 1.165) is 38.8 Å². The number of benzene rings is 2. The van der Waals surface area contributed by atoms with Crippen molar-refractivity contribution >= 4 is 27.4 Å². The Bertz CT molecular complexity index is 1300. The largest absolute Gasteiger partial charge is 0.494 e. The fourth-order valence-electron chi connectivity index (χ4n) is 4.98. The Kier molecular flexibility index (Phi) is 11.6. The van der Waals surface area contributed by atoms with Crippen LogP contribution in [0.1, 0.15) is 44.1 Å². The van der Waals surface area contributed by atoms with Crippen LogP contribution < -0.4 is 15.1 Å². The number of nitrogens with zero attached hydrogens (tertiary/aromatic N) is 1. The number of sulfone groups is 1. The summed E-state index contributed by atoms with van der Waals surface area (Å²) in [4.78, 5) is 23.7. The van der Waals surface area contributed by atoms with Gasteiger partial charge in [0.15, 0.2) is 14.6 Å². The molecule has 2 aromatic rings. The van der Waals surface area contributed by atoms with E-state index in [4.69, 9.17) is 24.6 Å². The molecule has 14 heteroatoms. The quantitative estimate of drug-likeness (QED) is 0.204. The summed E-state index contributed by atoms with van der Waals surface area (Å²) in [5, 5.41) is 16.3. The average Bonchev–Trinajstić information content (AvgIpc) is 2.99. The molecule has 0 spiro atoms. The fraction of sp³-hybridized carbons (Fsp3) is 0.500. The lowest BCUT2D eigenvalue weighted by molar-refractivity contribution is -0.192. The van der Waals surface area contributed by atoms with Crippen molar-refractivity contribution in [1.29, 1.82) is 0 Å². The van der Waals surface area contributed by atoms with Gasteiger partial charge in [-0.25, -0.2) is 18.7 Å². The molecule has 1 amide bonds. The number of hydrogen-bond acceptors (Lipinski definition) is 8. The second-order valence-electron chi connectivity index (χ2n) is 9.95. The zero-order valence-electron chi connectivity index (χ0n) is 22.9. The number of anilines is 1. The van der Waals surface area contributed by atoms with Gasteiger partial charge in [0.1, 0.15) is 5.75 Å². The van der Waals surface area contributed by atoms with E-state index in [2.05, 4.69) is 29.2 Å². The van der Waals surface area contributed by atoms with Crippen LogP contribution in [-0.4, -0.2) is 74.4 Å². The number of unbranched alkanes of at least 4 members (excludes halogenated alkanes) is 2. The molecule has 0 bridgehead atoms. The van der Waals surface area contributed by atoms with Crippen LogP contribution in [0.4, 0.5) is 18.9 Å². The highest BCUT2D eigenvalue weighted by atomic mass is 32.2. The van der Waals surface area contributed by atoms with Crippen molar-refractivity contribution < 1.29 is 51.0 Å². The minimum Gasteiger partial charge on any atom is -0.494 e. The highest BCUT2D eigenvalue weighted by Crippen LogP contribution is 2.36. The van der Waals surface area contributed by atoms with Gasteiger partial charge in [0.05, 0.1) is 11.5 Å². The number of carboxylic acids is 1. The topological polar surface area (TPSA) is 142 Å². The standard InChI is InChI=1S/C26H34N2O6S.C2HF3O2/c29-25(27-30)26(14-19-33-20-15-26)35(31,32)23-12-10-22(11-13-23)34-18-5-1-4-16-28-17-6-8-21-7-2-3-9-24(21)28;3-2(4,5)1(6)7/h2-3,7,9-13,30H,1,4-6,8,14-20H2,(H,27,29);(H,6,7). The zero-order chi connectivity index (χ0) is 30.8. The molecule has 0 aliphatic carbocycles. The van der Waals surface area contributed by atoms with Crippen LogP contribution in [0, 0.1) is 0 Å². The molecule has 2 aliphatic rings. The Morgan fingerprint density at radius 1 is 1.02 bits per heavy atom. The van der Waals surface area contributed by atoms with Crippen molar-refractivity contribution in [2.24, 2.45) is 0 Å². The first kappa shape index (κ1) is 33.1. The van der Waals surface area contributed by atoms with Crippen LogP contribution in [0.3, 0.4) is 0 Å². The number of halogens is 3. The van der Waals surface area contributed by atoms with E-state index in [1.807, 2.05) is 0 Å². The molecule has 232 valence electrons. The van der Waals surface area contributed by atoms with E-state index < -0.39 is 32.6 Å².